The zero-order valence-electron chi connectivity index (χ0n) is 9.18. The Kier molecular flexibility index (Phi) is 3.86. The summed E-state index contributed by atoms with van der Waals surface area (Å²) in [5.41, 5.74) is 4.77. The number of rotatable bonds is 3. The molecule has 0 aliphatic heterocycles. The fourth-order valence-corrected chi connectivity index (χ4v) is 2.51. The van der Waals surface area contributed by atoms with Crippen molar-refractivity contribution in [3.63, 3.8) is 0 Å². The summed E-state index contributed by atoms with van der Waals surface area (Å²) in [5.74, 6) is -0.901. The van der Waals surface area contributed by atoms with Crippen molar-refractivity contribution in [2.24, 2.45) is 0 Å². The van der Waals surface area contributed by atoms with Gasteiger partial charge in [-0.05, 0) is 19.1 Å². The molecule has 1 rings (SSSR count). The van der Waals surface area contributed by atoms with Gasteiger partial charge >= 0.3 is 6.18 Å². The quantitative estimate of drug-likeness (QED) is 0.654. The molecule has 1 aromatic rings. The van der Waals surface area contributed by atoms with E-state index in [2.05, 4.69) is 0 Å². The molecule has 0 spiro atoms. The predicted molar refractivity (Wildman–Crippen MR) is 56.8 cm³/mol. The zero-order chi connectivity index (χ0) is 14.1. The normalized spacial score (nSPS) is 12.7. The van der Waals surface area contributed by atoms with E-state index in [0.29, 0.717) is 0 Å². The summed E-state index contributed by atoms with van der Waals surface area (Å²) in [5, 5.41) is 0. The maximum atomic E-state index is 13.3. The van der Waals surface area contributed by atoms with E-state index in [1.54, 1.807) is 0 Å². The summed E-state index contributed by atoms with van der Waals surface area (Å²) < 4.78 is 73.5. The molecular formula is C9H10F4N2O2S. The first-order valence-electron chi connectivity index (χ1n) is 4.65. The zero-order valence-corrected chi connectivity index (χ0v) is 9.99. The summed E-state index contributed by atoms with van der Waals surface area (Å²) >= 11 is 0. The molecule has 0 aliphatic carbocycles. The lowest BCUT2D eigenvalue weighted by molar-refractivity contribution is -0.121. The van der Waals surface area contributed by atoms with Gasteiger partial charge in [-0.1, -0.05) is 0 Å². The van der Waals surface area contributed by atoms with Crippen LogP contribution in [-0.2, 0) is 10.0 Å². The molecule has 0 aromatic heterocycles. The monoisotopic (exact) mass is 286 g/mol. The summed E-state index contributed by atoms with van der Waals surface area (Å²) in [6.45, 7) is -0.595. The van der Waals surface area contributed by atoms with Gasteiger partial charge in [0.25, 0.3) is 0 Å². The third-order valence-corrected chi connectivity index (χ3v) is 3.60. The fourth-order valence-electron chi connectivity index (χ4n) is 1.21. The summed E-state index contributed by atoms with van der Waals surface area (Å²) in [6.07, 6.45) is -4.69. The second-order valence-electron chi connectivity index (χ2n) is 3.57. The molecule has 4 nitrogen and oxygen atoms in total. The molecule has 0 amide bonds. The first kappa shape index (κ1) is 14.7. The Bertz CT molecular complexity index is 554. The van der Waals surface area contributed by atoms with Crippen molar-refractivity contribution < 1.29 is 26.0 Å². The van der Waals surface area contributed by atoms with Crippen LogP contribution < -0.4 is 10.5 Å². The standard InChI is InChI=1S/C9H10F4N2O2S/c1-5-7(10)2-6(14)3-8(5)18(16,17)15-4-9(11,12)13/h2-3,15H,4,14H2,1H3. The average molecular weight is 286 g/mol. The molecule has 0 aliphatic rings. The lowest BCUT2D eigenvalue weighted by atomic mass is 10.2. The van der Waals surface area contributed by atoms with Gasteiger partial charge in [0.15, 0.2) is 0 Å². The van der Waals surface area contributed by atoms with Crippen molar-refractivity contribution in [1.29, 1.82) is 0 Å². The van der Waals surface area contributed by atoms with Gasteiger partial charge in [0.1, 0.15) is 12.4 Å². The largest absolute Gasteiger partial charge is 0.402 e. The second kappa shape index (κ2) is 4.73. The van der Waals surface area contributed by atoms with Crippen molar-refractivity contribution >= 4 is 15.7 Å². The minimum atomic E-state index is -4.69. The van der Waals surface area contributed by atoms with E-state index >= 15 is 0 Å². The van der Waals surface area contributed by atoms with Gasteiger partial charge < -0.3 is 5.73 Å². The van der Waals surface area contributed by atoms with E-state index in [4.69, 9.17) is 5.73 Å². The highest BCUT2D eigenvalue weighted by atomic mass is 32.2. The van der Waals surface area contributed by atoms with Crippen LogP contribution in [0.3, 0.4) is 0 Å². The number of benzene rings is 1. The fraction of sp³-hybridized carbons (Fsp3) is 0.333. The molecule has 0 heterocycles. The SMILES string of the molecule is Cc1c(F)cc(N)cc1S(=O)(=O)NCC(F)(F)F. The van der Waals surface area contributed by atoms with E-state index in [9.17, 15) is 26.0 Å². The molecule has 0 fully saturated rings. The molecule has 1 aromatic carbocycles. The van der Waals surface area contributed by atoms with Gasteiger partial charge in [-0.3, -0.25) is 0 Å². The van der Waals surface area contributed by atoms with Gasteiger partial charge in [-0.2, -0.15) is 13.2 Å². The molecule has 0 radical (unpaired) electrons. The molecule has 0 bridgehead atoms. The van der Waals surface area contributed by atoms with Gasteiger partial charge in [-0.25, -0.2) is 17.5 Å². The van der Waals surface area contributed by atoms with Crippen molar-refractivity contribution in [2.45, 2.75) is 18.0 Å². The third kappa shape index (κ3) is 3.57. The Morgan fingerprint density at radius 3 is 2.39 bits per heavy atom. The van der Waals surface area contributed by atoms with Crippen LogP contribution in [0.25, 0.3) is 0 Å². The maximum Gasteiger partial charge on any atom is 0.402 e. The van der Waals surface area contributed by atoms with Crippen molar-refractivity contribution in [3.8, 4) is 0 Å². The van der Waals surface area contributed by atoms with Gasteiger partial charge in [0, 0.05) is 11.3 Å². The molecule has 0 atom stereocenters. The van der Waals surface area contributed by atoms with Crippen LogP contribution in [0, 0.1) is 12.7 Å². The molecule has 0 saturated heterocycles. The Balaban J connectivity index is 3.13. The molecule has 18 heavy (non-hydrogen) atoms. The van der Waals surface area contributed by atoms with Crippen LogP contribution in [0.2, 0.25) is 0 Å². The molecule has 0 saturated carbocycles. The third-order valence-electron chi connectivity index (χ3n) is 2.07. The summed E-state index contributed by atoms with van der Waals surface area (Å²) in [4.78, 5) is -0.607. The number of hydrogen-bond donors (Lipinski definition) is 2. The number of alkyl halides is 3. The topological polar surface area (TPSA) is 72.2 Å². The Morgan fingerprint density at radius 2 is 1.89 bits per heavy atom. The lowest BCUT2D eigenvalue weighted by Crippen LogP contribution is -2.34. The van der Waals surface area contributed by atoms with E-state index in [0.717, 1.165) is 19.1 Å². The van der Waals surface area contributed by atoms with Crippen LogP contribution >= 0.6 is 0 Å². The number of sulfonamides is 1. The molecular weight excluding hydrogens is 276 g/mol. The van der Waals surface area contributed by atoms with Crippen molar-refractivity contribution in [3.05, 3.63) is 23.5 Å². The van der Waals surface area contributed by atoms with Crippen molar-refractivity contribution in [1.82, 2.24) is 4.72 Å². The average Bonchev–Trinajstić information content (AvgIpc) is 2.19. The highest BCUT2D eigenvalue weighted by Crippen LogP contribution is 2.22. The molecule has 3 N–H and O–H groups in total. The van der Waals surface area contributed by atoms with Crippen LogP contribution in [0.1, 0.15) is 5.56 Å². The van der Waals surface area contributed by atoms with Crippen molar-refractivity contribution in [2.75, 3.05) is 12.3 Å². The highest BCUT2D eigenvalue weighted by Gasteiger charge is 2.31. The molecule has 0 unspecified atom stereocenters. The first-order valence-corrected chi connectivity index (χ1v) is 6.13. The predicted octanol–water partition coefficient (Wildman–Crippen LogP) is 1.56. The highest BCUT2D eigenvalue weighted by molar-refractivity contribution is 7.89. The Hall–Kier alpha value is -1.35. The number of nitrogens with one attached hydrogen (secondary N) is 1. The van der Waals surface area contributed by atoms with Crippen LogP contribution in [0.5, 0.6) is 0 Å². The maximum absolute atomic E-state index is 13.3. The van der Waals surface area contributed by atoms with E-state index in [1.807, 2.05) is 0 Å². The Morgan fingerprint density at radius 1 is 1.33 bits per heavy atom. The summed E-state index contributed by atoms with van der Waals surface area (Å²) in [7, 11) is -4.46. The number of anilines is 1. The van der Waals surface area contributed by atoms with E-state index in [-0.39, 0.29) is 11.3 Å². The summed E-state index contributed by atoms with van der Waals surface area (Å²) in [6, 6.07) is 1.79. The number of halogens is 4. The molecule has 9 heteroatoms. The van der Waals surface area contributed by atoms with Gasteiger partial charge in [0.05, 0.1) is 4.90 Å². The Labute approximate surface area is 101 Å². The van der Waals surface area contributed by atoms with Gasteiger partial charge in [0.2, 0.25) is 10.0 Å². The smallest absolute Gasteiger partial charge is 0.399 e. The van der Waals surface area contributed by atoms with E-state index < -0.39 is 33.5 Å². The lowest BCUT2D eigenvalue weighted by Gasteiger charge is -2.12. The van der Waals surface area contributed by atoms with Crippen LogP contribution in [-0.4, -0.2) is 21.1 Å². The minimum absolute atomic E-state index is 0.189. The van der Waals surface area contributed by atoms with Crippen LogP contribution in [0.15, 0.2) is 17.0 Å². The molecule has 102 valence electrons. The van der Waals surface area contributed by atoms with Gasteiger partial charge in [-0.15, -0.1) is 0 Å². The minimum Gasteiger partial charge on any atom is -0.399 e. The second-order valence-corrected chi connectivity index (χ2v) is 5.30. The van der Waals surface area contributed by atoms with Crippen LogP contribution in [0.4, 0.5) is 23.2 Å². The number of hydrogen-bond acceptors (Lipinski definition) is 3. The number of nitrogens with two attached hydrogens (primary N) is 1. The number of nitrogen functional groups attached to an aromatic ring is 1. The first-order chi connectivity index (χ1) is 8.03. The van der Waals surface area contributed by atoms with E-state index in [1.165, 1.54) is 4.72 Å².